The standard InChI is InChI=1S/C20H22BrNO5S/c1-25-16-12-18(26-2)20(19(13-16)27-3)14-8-10-22(11-9-14)28(23,24)17-6-4-15(21)5-7-17/h4-8,12-13H,9-11H2,1-3H3. The number of nitrogens with zero attached hydrogens (tertiary/aromatic N) is 1. The predicted molar refractivity (Wildman–Crippen MR) is 112 cm³/mol. The Bertz CT molecular complexity index is 961. The van der Waals surface area contributed by atoms with E-state index in [0.29, 0.717) is 30.2 Å². The van der Waals surface area contributed by atoms with Crippen LogP contribution in [0.4, 0.5) is 0 Å². The highest BCUT2D eigenvalue weighted by Gasteiger charge is 2.28. The third-order valence-electron chi connectivity index (χ3n) is 4.66. The molecule has 0 saturated carbocycles. The number of methoxy groups -OCH3 is 3. The molecule has 1 aliphatic heterocycles. The van der Waals surface area contributed by atoms with E-state index >= 15 is 0 Å². The van der Waals surface area contributed by atoms with Crippen LogP contribution in [0, 0.1) is 0 Å². The van der Waals surface area contributed by atoms with Crippen molar-refractivity contribution in [3.8, 4) is 17.2 Å². The van der Waals surface area contributed by atoms with Gasteiger partial charge in [-0.05, 0) is 36.3 Å². The highest BCUT2D eigenvalue weighted by Crippen LogP contribution is 2.41. The maximum atomic E-state index is 12.9. The van der Waals surface area contributed by atoms with Crippen molar-refractivity contribution in [3.63, 3.8) is 0 Å². The predicted octanol–water partition coefficient (Wildman–Crippen LogP) is 3.95. The number of hydrogen-bond acceptors (Lipinski definition) is 5. The van der Waals surface area contributed by atoms with Crippen LogP contribution in [0.25, 0.3) is 5.57 Å². The molecule has 1 heterocycles. The van der Waals surface area contributed by atoms with Gasteiger partial charge in [0.15, 0.2) is 0 Å². The van der Waals surface area contributed by atoms with Gasteiger partial charge >= 0.3 is 0 Å². The minimum absolute atomic E-state index is 0.284. The second-order valence-electron chi connectivity index (χ2n) is 6.20. The van der Waals surface area contributed by atoms with Crippen LogP contribution in [0.3, 0.4) is 0 Å². The molecule has 0 aromatic heterocycles. The van der Waals surface area contributed by atoms with Gasteiger partial charge < -0.3 is 14.2 Å². The van der Waals surface area contributed by atoms with Crippen molar-refractivity contribution in [2.24, 2.45) is 0 Å². The molecule has 0 amide bonds. The SMILES string of the molecule is COc1cc(OC)c(C2=CCN(S(=O)(=O)c3ccc(Br)cc3)CC2)c(OC)c1. The molecule has 0 radical (unpaired) electrons. The minimum atomic E-state index is -3.54. The molecule has 1 aliphatic rings. The fourth-order valence-corrected chi connectivity index (χ4v) is 4.82. The summed E-state index contributed by atoms with van der Waals surface area (Å²) >= 11 is 3.33. The van der Waals surface area contributed by atoms with Gasteiger partial charge in [-0.25, -0.2) is 8.42 Å². The average Bonchev–Trinajstić information content (AvgIpc) is 2.73. The zero-order chi connectivity index (χ0) is 20.3. The average molecular weight is 468 g/mol. The Morgan fingerprint density at radius 2 is 1.57 bits per heavy atom. The summed E-state index contributed by atoms with van der Waals surface area (Å²) in [4.78, 5) is 0.284. The number of halogens is 1. The number of ether oxygens (including phenoxy) is 3. The summed E-state index contributed by atoms with van der Waals surface area (Å²) in [6.45, 7) is 0.661. The Balaban J connectivity index is 1.91. The summed E-state index contributed by atoms with van der Waals surface area (Å²) in [5.41, 5.74) is 1.81. The summed E-state index contributed by atoms with van der Waals surface area (Å²) in [6, 6.07) is 10.3. The first-order valence-corrected chi connectivity index (χ1v) is 10.9. The maximum absolute atomic E-state index is 12.9. The van der Waals surface area contributed by atoms with Crippen LogP contribution < -0.4 is 14.2 Å². The van der Waals surface area contributed by atoms with E-state index in [4.69, 9.17) is 14.2 Å². The monoisotopic (exact) mass is 467 g/mol. The van der Waals surface area contributed by atoms with Crippen molar-refractivity contribution in [2.45, 2.75) is 11.3 Å². The van der Waals surface area contributed by atoms with E-state index in [9.17, 15) is 8.42 Å². The van der Waals surface area contributed by atoms with E-state index in [0.717, 1.165) is 15.6 Å². The molecule has 0 spiro atoms. The van der Waals surface area contributed by atoms with Crippen molar-refractivity contribution < 1.29 is 22.6 Å². The molecule has 0 aliphatic carbocycles. The van der Waals surface area contributed by atoms with Gasteiger partial charge in [0.1, 0.15) is 17.2 Å². The summed E-state index contributed by atoms with van der Waals surface area (Å²) < 4.78 is 44.4. The Labute approximate surface area is 173 Å². The second kappa shape index (κ2) is 8.55. The third kappa shape index (κ3) is 4.04. The van der Waals surface area contributed by atoms with Crippen LogP contribution in [0.5, 0.6) is 17.2 Å². The van der Waals surface area contributed by atoms with Crippen molar-refractivity contribution >= 4 is 31.5 Å². The van der Waals surface area contributed by atoms with Gasteiger partial charge in [-0.3, -0.25) is 0 Å². The van der Waals surface area contributed by atoms with E-state index in [1.807, 2.05) is 6.08 Å². The zero-order valence-corrected chi connectivity index (χ0v) is 18.3. The number of benzene rings is 2. The first-order chi connectivity index (χ1) is 13.4. The third-order valence-corrected chi connectivity index (χ3v) is 7.07. The summed E-state index contributed by atoms with van der Waals surface area (Å²) in [6.07, 6.45) is 2.46. The van der Waals surface area contributed by atoms with Crippen LogP contribution in [-0.4, -0.2) is 47.1 Å². The maximum Gasteiger partial charge on any atom is 0.243 e. The van der Waals surface area contributed by atoms with Gasteiger partial charge in [-0.2, -0.15) is 4.31 Å². The molecule has 3 rings (SSSR count). The fourth-order valence-electron chi connectivity index (χ4n) is 3.17. The largest absolute Gasteiger partial charge is 0.496 e. The van der Waals surface area contributed by atoms with E-state index in [2.05, 4.69) is 15.9 Å². The van der Waals surface area contributed by atoms with Crippen LogP contribution in [-0.2, 0) is 10.0 Å². The topological polar surface area (TPSA) is 65.1 Å². The molecule has 0 bridgehead atoms. The Morgan fingerprint density at radius 1 is 0.964 bits per heavy atom. The van der Waals surface area contributed by atoms with Crippen LogP contribution in [0.2, 0.25) is 0 Å². The smallest absolute Gasteiger partial charge is 0.243 e. The molecule has 0 fully saturated rings. The Morgan fingerprint density at radius 3 is 2.04 bits per heavy atom. The second-order valence-corrected chi connectivity index (χ2v) is 9.06. The van der Waals surface area contributed by atoms with Gasteiger partial charge in [0.25, 0.3) is 0 Å². The van der Waals surface area contributed by atoms with E-state index < -0.39 is 10.0 Å². The van der Waals surface area contributed by atoms with Gasteiger partial charge in [0.05, 0.1) is 31.8 Å². The fraction of sp³-hybridized carbons (Fsp3) is 0.300. The molecule has 0 unspecified atom stereocenters. The quantitative estimate of drug-likeness (QED) is 0.643. The van der Waals surface area contributed by atoms with E-state index in [-0.39, 0.29) is 11.4 Å². The lowest BCUT2D eigenvalue weighted by molar-refractivity contribution is 0.372. The normalized spacial score (nSPS) is 15.1. The van der Waals surface area contributed by atoms with Crippen molar-refractivity contribution in [1.82, 2.24) is 4.31 Å². The van der Waals surface area contributed by atoms with E-state index in [1.54, 1.807) is 57.7 Å². The molecule has 0 atom stereocenters. The molecule has 28 heavy (non-hydrogen) atoms. The summed E-state index contributed by atoms with van der Waals surface area (Å²) in [5, 5.41) is 0. The molecule has 2 aromatic carbocycles. The molecule has 0 saturated heterocycles. The lowest BCUT2D eigenvalue weighted by atomic mass is 9.98. The van der Waals surface area contributed by atoms with Gasteiger partial charge in [-0.1, -0.05) is 22.0 Å². The lowest BCUT2D eigenvalue weighted by Crippen LogP contribution is -2.34. The van der Waals surface area contributed by atoms with Crippen molar-refractivity contribution in [3.05, 3.63) is 52.5 Å². The molecule has 150 valence electrons. The lowest BCUT2D eigenvalue weighted by Gasteiger charge is -2.27. The highest BCUT2D eigenvalue weighted by atomic mass is 79.9. The molecular formula is C20H22BrNO5S. The highest BCUT2D eigenvalue weighted by molar-refractivity contribution is 9.10. The molecule has 8 heteroatoms. The van der Waals surface area contributed by atoms with Crippen molar-refractivity contribution in [2.75, 3.05) is 34.4 Å². The first-order valence-electron chi connectivity index (χ1n) is 8.66. The molecular weight excluding hydrogens is 446 g/mol. The van der Waals surface area contributed by atoms with Crippen molar-refractivity contribution in [1.29, 1.82) is 0 Å². The summed E-state index contributed by atoms with van der Waals surface area (Å²) in [7, 11) is 1.22. The van der Waals surface area contributed by atoms with Crippen LogP contribution in [0.15, 0.2) is 51.8 Å². The van der Waals surface area contributed by atoms with Gasteiger partial charge in [0, 0.05) is 29.7 Å². The molecule has 6 nitrogen and oxygen atoms in total. The van der Waals surface area contributed by atoms with Crippen LogP contribution >= 0.6 is 15.9 Å². The van der Waals surface area contributed by atoms with Gasteiger partial charge in [-0.15, -0.1) is 0 Å². The number of hydrogen-bond donors (Lipinski definition) is 0. The number of sulfonamides is 1. The molecule has 2 aromatic rings. The minimum Gasteiger partial charge on any atom is -0.496 e. The first kappa shape index (κ1) is 20.7. The van der Waals surface area contributed by atoms with Gasteiger partial charge in [0.2, 0.25) is 10.0 Å². The Hall–Kier alpha value is -2.03. The molecule has 0 N–H and O–H groups in total. The van der Waals surface area contributed by atoms with Crippen LogP contribution in [0.1, 0.15) is 12.0 Å². The Kier molecular flexibility index (Phi) is 6.32. The number of rotatable bonds is 6. The zero-order valence-electron chi connectivity index (χ0n) is 15.9. The van der Waals surface area contributed by atoms with E-state index in [1.165, 1.54) is 4.31 Å². The summed E-state index contributed by atoms with van der Waals surface area (Å²) in [5.74, 6) is 1.90.